The number of carbonyl (C=O) groups is 4. The van der Waals surface area contributed by atoms with Gasteiger partial charge >= 0.3 is 18.0 Å². The summed E-state index contributed by atoms with van der Waals surface area (Å²) in [7, 11) is 3.81. The maximum Gasteiger partial charge on any atom is 0.373 e. The van der Waals surface area contributed by atoms with E-state index in [-0.39, 0.29) is 45.8 Å². The van der Waals surface area contributed by atoms with Gasteiger partial charge in [0.2, 0.25) is 5.76 Å². The molecule has 2 heterocycles. The van der Waals surface area contributed by atoms with Crippen LogP contribution in [0.15, 0.2) is 34.4 Å². The van der Waals surface area contributed by atoms with Crippen molar-refractivity contribution in [2.24, 2.45) is 0 Å². The van der Waals surface area contributed by atoms with Crippen molar-refractivity contribution in [3.63, 3.8) is 0 Å². The van der Waals surface area contributed by atoms with Crippen LogP contribution in [0.3, 0.4) is 0 Å². The van der Waals surface area contributed by atoms with E-state index in [2.05, 4.69) is 14.8 Å². The number of halogens is 1. The lowest BCUT2D eigenvalue weighted by Crippen LogP contribution is -2.30. The number of hydrogen-bond donors (Lipinski definition) is 1. The molecular weight excluding hydrogens is 472 g/mol. The second-order valence-electron chi connectivity index (χ2n) is 6.95. The molecule has 0 radical (unpaired) electrons. The fourth-order valence-corrected chi connectivity index (χ4v) is 3.28. The van der Waals surface area contributed by atoms with E-state index in [9.17, 15) is 19.2 Å². The summed E-state index contributed by atoms with van der Waals surface area (Å²) in [5, 5.41) is 2.73. The van der Waals surface area contributed by atoms with Crippen LogP contribution < -0.4 is 14.8 Å². The van der Waals surface area contributed by atoms with E-state index in [1.807, 2.05) is 0 Å². The lowest BCUT2D eigenvalue weighted by Gasteiger charge is -2.18. The van der Waals surface area contributed by atoms with Gasteiger partial charge in [-0.25, -0.2) is 14.4 Å². The zero-order chi connectivity index (χ0) is 25.0. The SMILES string of the molecule is COC(=O)c1ccc(CN2C(=O)N/C(=C/c3cc(Cl)cc(OC)c3O[C@H](C)C(=O)OC)C2=O)o1. The van der Waals surface area contributed by atoms with Crippen LogP contribution in [-0.2, 0) is 25.6 Å². The van der Waals surface area contributed by atoms with Gasteiger partial charge in [0.25, 0.3) is 5.91 Å². The number of nitrogens with zero attached hydrogens (tertiary/aromatic N) is 1. The Kier molecular flexibility index (Phi) is 7.47. The number of nitrogens with one attached hydrogen (secondary N) is 1. The predicted octanol–water partition coefficient (Wildman–Crippen LogP) is 2.76. The highest BCUT2D eigenvalue weighted by atomic mass is 35.5. The molecule has 11 nitrogen and oxygen atoms in total. The molecule has 1 aliphatic heterocycles. The zero-order valence-electron chi connectivity index (χ0n) is 18.7. The van der Waals surface area contributed by atoms with E-state index in [0.717, 1.165) is 4.90 Å². The van der Waals surface area contributed by atoms with Crippen molar-refractivity contribution in [3.8, 4) is 11.5 Å². The first kappa shape index (κ1) is 24.6. The van der Waals surface area contributed by atoms with Gasteiger partial charge in [0.1, 0.15) is 11.5 Å². The number of furan rings is 1. The summed E-state index contributed by atoms with van der Waals surface area (Å²) in [5.74, 6) is -1.52. The van der Waals surface area contributed by atoms with E-state index in [1.165, 1.54) is 58.6 Å². The second-order valence-corrected chi connectivity index (χ2v) is 7.38. The quantitative estimate of drug-likeness (QED) is 0.335. The monoisotopic (exact) mass is 492 g/mol. The molecule has 34 heavy (non-hydrogen) atoms. The van der Waals surface area contributed by atoms with Gasteiger partial charge in [0.05, 0.1) is 27.9 Å². The molecule has 0 aliphatic carbocycles. The molecule has 1 aromatic heterocycles. The van der Waals surface area contributed by atoms with E-state index in [4.69, 9.17) is 25.5 Å². The minimum absolute atomic E-state index is 0.0622. The van der Waals surface area contributed by atoms with Gasteiger partial charge in [0, 0.05) is 16.7 Å². The Balaban J connectivity index is 1.90. The van der Waals surface area contributed by atoms with Crippen molar-refractivity contribution in [2.75, 3.05) is 21.3 Å². The Morgan fingerprint density at radius 3 is 2.56 bits per heavy atom. The molecule has 1 aliphatic rings. The molecule has 1 N–H and O–H groups in total. The Morgan fingerprint density at radius 2 is 1.91 bits per heavy atom. The number of imide groups is 1. The number of urea groups is 1. The van der Waals surface area contributed by atoms with Gasteiger partial charge in [0.15, 0.2) is 17.6 Å². The number of esters is 2. The standard InChI is InChI=1S/C22H21ClN2O9/c1-11(20(27)31-3)33-18-12(7-13(23)9-17(18)30-2)8-15-19(26)25(22(29)24-15)10-14-5-6-16(34-14)21(28)32-4/h5-9,11H,10H2,1-4H3,(H,24,29)/b15-8+/t11-/m1/s1. The fourth-order valence-electron chi connectivity index (χ4n) is 3.06. The van der Waals surface area contributed by atoms with Crippen molar-refractivity contribution < 1.29 is 42.5 Å². The highest BCUT2D eigenvalue weighted by Crippen LogP contribution is 2.37. The van der Waals surface area contributed by atoms with Crippen LogP contribution in [0.1, 0.15) is 28.8 Å². The molecule has 0 bridgehead atoms. The van der Waals surface area contributed by atoms with Crippen LogP contribution >= 0.6 is 11.6 Å². The average molecular weight is 493 g/mol. The summed E-state index contributed by atoms with van der Waals surface area (Å²) in [6, 6.07) is 5.08. The maximum absolute atomic E-state index is 12.9. The van der Waals surface area contributed by atoms with Crippen LogP contribution in [-0.4, -0.2) is 56.2 Å². The number of amides is 3. The van der Waals surface area contributed by atoms with Crippen LogP contribution in [0, 0.1) is 0 Å². The second kappa shape index (κ2) is 10.3. The maximum atomic E-state index is 12.9. The lowest BCUT2D eigenvalue weighted by molar-refractivity contribution is -0.148. The summed E-state index contributed by atoms with van der Waals surface area (Å²) in [5.41, 5.74) is 0.196. The molecule has 2 aromatic rings. The van der Waals surface area contributed by atoms with Crippen LogP contribution in [0.25, 0.3) is 6.08 Å². The lowest BCUT2D eigenvalue weighted by atomic mass is 10.1. The van der Waals surface area contributed by atoms with Crippen LogP contribution in [0.2, 0.25) is 5.02 Å². The van der Waals surface area contributed by atoms with Crippen molar-refractivity contribution >= 4 is 41.6 Å². The minimum atomic E-state index is -0.995. The summed E-state index contributed by atoms with van der Waals surface area (Å²) < 4.78 is 25.6. The van der Waals surface area contributed by atoms with Gasteiger partial charge in [-0.1, -0.05) is 11.6 Å². The number of methoxy groups -OCH3 is 3. The largest absolute Gasteiger partial charge is 0.493 e. The number of rotatable bonds is 8. The number of hydrogen-bond acceptors (Lipinski definition) is 9. The molecule has 3 amide bonds. The molecular formula is C22H21ClN2O9. The van der Waals surface area contributed by atoms with Gasteiger partial charge in [-0.15, -0.1) is 0 Å². The smallest absolute Gasteiger partial charge is 0.373 e. The molecule has 1 aromatic carbocycles. The Labute approximate surface area is 199 Å². The number of benzene rings is 1. The number of carbonyl (C=O) groups excluding carboxylic acids is 4. The van der Waals surface area contributed by atoms with Crippen LogP contribution in [0.4, 0.5) is 4.79 Å². The van der Waals surface area contributed by atoms with Crippen molar-refractivity contribution in [1.82, 2.24) is 10.2 Å². The minimum Gasteiger partial charge on any atom is -0.493 e. The van der Waals surface area contributed by atoms with Crippen molar-refractivity contribution in [2.45, 2.75) is 19.6 Å². The Morgan fingerprint density at radius 1 is 1.18 bits per heavy atom. The molecule has 0 unspecified atom stereocenters. The first-order valence-corrected chi connectivity index (χ1v) is 10.2. The van der Waals surface area contributed by atoms with Gasteiger partial charge < -0.3 is 28.7 Å². The van der Waals surface area contributed by atoms with Crippen LogP contribution in [0.5, 0.6) is 11.5 Å². The molecule has 12 heteroatoms. The average Bonchev–Trinajstić information content (AvgIpc) is 3.39. The van der Waals surface area contributed by atoms with Gasteiger partial charge in [-0.2, -0.15) is 0 Å². The van der Waals surface area contributed by atoms with Gasteiger partial charge in [-0.3, -0.25) is 9.69 Å². The summed E-state index contributed by atoms with van der Waals surface area (Å²) in [6.45, 7) is 1.26. The van der Waals surface area contributed by atoms with Crippen molar-refractivity contribution in [1.29, 1.82) is 0 Å². The van der Waals surface area contributed by atoms with E-state index in [0.29, 0.717) is 0 Å². The number of ether oxygens (including phenoxy) is 4. The topological polar surface area (TPSA) is 134 Å². The third-order valence-electron chi connectivity index (χ3n) is 4.72. The molecule has 1 atom stereocenters. The normalized spacial score (nSPS) is 15.2. The Bertz CT molecular complexity index is 1170. The zero-order valence-corrected chi connectivity index (χ0v) is 19.4. The molecule has 1 saturated heterocycles. The summed E-state index contributed by atoms with van der Waals surface area (Å²) >= 11 is 6.16. The first-order valence-electron chi connectivity index (χ1n) is 9.82. The summed E-state index contributed by atoms with van der Waals surface area (Å²) in [6.07, 6.45) is 0.348. The van der Waals surface area contributed by atoms with Gasteiger partial charge in [-0.05, 0) is 31.2 Å². The third kappa shape index (κ3) is 5.15. The highest BCUT2D eigenvalue weighted by Gasteiger charge is 2.35. The molecule has 0 saturated carbocycles. The molecule has 1 fully saturated rings. The predicted molar refractivity (Wildman–Crippen MR) is 117 cm³/mol. The molecule has 3 rings (SSSR count). The fraction of sp³-hybridized carbons (Fsp3) is 0.273. The first-order chi connectivity index (χ1) is 16.2. The van der Waals surface area contributed by atoms with E-state index in [1.54, 1.807) is 0 Å². The molecule has 180 valence electrons. The summed E-state index contributed by atoms with van der Waals surface area (Å²) in [4.78, 5) is 49.6. The Hall–Kier alpha value is -3.99. The van der Waals surface area contributed by atoms with E-state index < -0.39 is 30.0 Å². The van der Waals surface area contributed by atoms with Crippen molar-refractivity contribution in [3.05, 3.63) is 52.1 Å². The highest BCUT2D eigenvalue weighted by molar-refractivity contribution is 6.31. The van der Waals surface area contributed by atoms with E-state index >= 15 is 0 Å². The molecule has 0 spiro atoms. The third-order valence-corrected chi connectivity index (χ3v) is 4.94.